The molecule has 0 aromatic carbocycles. The molecular weight excluding hydrogens is 233 g/mol. The maximum Gasteiger partial charge on any atom is 0.431 e. The van der Waals surface area contributed by atoms with Crippen LogP contribution in [0, 0.1) is 0 Å². The lowest BCUT2D eigenvalue weighted by molar-refractivity contribution is -0.144. The van der Waals surface area contributed by atoms with Gasteiger partial charge in [-0.1, -0.05) is 12.5 Å². The Kier molecular flexibility index (Phi) is 4.74. The first-order valence-electron chi connectivity index (χ1n) is 5.44. The Morgan fingerprint density at radius 2 is 1.88 bits per heavy atom. The van der Waals surface area contributed by atoms with Gasteiger partial charge in [0.05, 0.1) is 0 Å². The molecule has 17 heavy (non-hydrogen) atoms. The Balaban J connectivity index is 2.86. The van der Waals surface area contributed by atoms with Gasteiger partial charge < -0.3 is 10.3 Å². The largest absolute Gasteiger partial charge is 0.431 e. The van der Waals surface area contributed by atoms with E-state index < -0.39 is 17.4 Å². The number of rotatable bonds is 5. The van der Waals surface area contributed by atoms with Crippen LogP contribution < -0.4 is 11.3 Å². The van der Waals surface area contributed by atoms with Crippen molar-refractivity contribution >= 4 is 0 Å². The normalized spacial score (nSPS) is 11.8. The standard InChI is InChI=1S/C11H15F3N2O/c12-11(13,14)9-5-4-6-10(17)16(9)8-3-1-2-7-15/h4-6H,1-3,7-8,15H2. The van der Waals surface area contributed by atoms with E-state index in [1.807, 2.05) is 0 Å². The summed E-state index contributed by atoms with van der Waals surface area (Å²) in [4.78, 5) is 11.4. The van der Waals surface area contributed by atoms with Crippen molar-refractivity contribution in [2.24, 2.45) is 5.73 Å². The van der Waals surface area contributed by atoms with Gasteiger partial charge in [0, 0.05) is 12.6 Å². The number of alkyl halides is 3. The molecular formula is C11H15F3N2O. The third-order valence-electron chi connectivity index (χ3n) is 2.43. The van der Waals surface area contributed by atoms with Gasteiger partial charge in [0.15, 0.2) is 0 Å². The van der Waals surface area contributed by atoms with Crippen LogP contribution in [0.5, 0.6) is 0 Å². The van der Waals surface area contributed by atoms with Crippen molar-refractivity contribution in [2.75, 3.05) is 6.54 Å². The van der Waals surface area contributed by atoms with E-state index in [0.29, 0.717) is 13.0 Å². The summed E-state index contributed by atoms with van der Waals surface area (Å²) in [5.41, 5.74) is 3.78. The van der Waals surface area contributed by atoms with Crippen LogP contribution in [0.15, 0.2) is 23.0 Å². The molecule has 0 aliphatic carbocycles. The lowest BCUT2D eigenvalue weighted by Crippen LogP contribution is -2.27. The zero-order valence-corrected chi connectivity index (χ0v) is 9.33. The van der Waals surface area contributed by atoms with Crippen LogP contribution in [-0.2, 0) is 12.7 Å². The summed E-state index contributed by atoms with van der Waals surface area (Å²) in [7, 11) is 0. The third-order valence-corrected chi connectivity index (χ3v) is 2.43. The predicted molar refractivity (Wildman–Crippen MR) is 58.6 cm³/mol. The SMILES string of the molecule is NCCCCCn1c(C(F)(F)F)cccc1=O. The summed E-state index contributed by atoms with van der Waals surface area (Å²) < 4.78 is 38.6. The minimum Gasteiger partial charge on any atom is -0.330 e. The van der Waals surface area contributed by atoms with Crippen molar-refractivity contribution in [3.8, 4) is 0 Å². The van der Waals surface area contributed by atoms with Crippen LogP contribution in [0.4, 0.5) is 13.2 Å². The highest BCUT2D eigenvalue weighted by Gasteiger charge is 2.33. The van der Waals surface area contributed by atoms with Crippen LogP contribution in [0.1, 0.15) is 25.0 Å². The van der Waals surface area contributed by atoms with E-state index in [2.05, 4.69) is 0 Å². The molecule has 1 aromatic heterocycles. The molecule has 0 aliphatic rings. The zero-order chi connectivity index (χ0) is 12.9. The average molecular weight is 248 g/mol. The maximum absolute atomic E-state index is 12.6. The van der Waals surface area contributed by atoms with Crippen molar-refractivity contribution in [3.05, 3.63) is 34.2 Å². The lowest BCUT2D eigenvalue weighted by Gasteiger charge is -2.14. The fraction of sp³-hybridized carbons (Fsp3) is 0.545. The molecule has 6 heteroatoms. The Morgan fingerprint density at radius 3 is 2.47 bits per heavy atom. The van der Waals surface area contributed by atoms with Crippen molar-refractivity contribution in [1.29, 1.82) is 0 Å². The van der Waals surface area contributed by atoms with E-state index in [1.165, 1.54) is 0 Å². The van der Waals surface area contributed by atoms with Gasteiger partial charge in [-0.3, -0.25) is 4.79 Å². The van der Waals surface area contributed by atoms with Gasteiger partial charge in [0.1, 0.15) is 5.69 Å². The van der Waals surface area contributed by atoms with Gasteiger partial charge in [-0.15, -0.1) is 0 Å². The molecule has 2 N–H and O–H groups in total. The molecule has 0 fully saturated rings. The quantitative estimate of drug-likeness (QED) is 0.810. The highest BCUT2D eigenvalue weighted by atomic mass is 19.4. The second kappa shape index (κ2) is 5.86. The van der Waals surface area contributed by atoms with Gasteiger partial charge in [-0.25, -0.2) is 0 Å². The molecule has 0 bridgehead atoms. The summed E-state index contributed by atoms with van der Waals surface area (Å²) in [5.74, 6) is 0. The first kappa shape index (κ1) is 13.8. The third kappa shape index (κ3) is 3.89. The number of pyridine rings is 1. The predicted octanol–water partition coefficient (Wildman–Crippen LogP) is 2.00. The minimum absolute atomic E-state index is 0.0779. The smallest absolute Gasteiger partial charge is 0.330 e. The van der Waals surface area contributed by atoms with E-state index in [-0.39, 0.29) is 6.54 Å². The number of nitrogens with zero attached hydrogens (tertiary/aromatic N) is 1. The molecule has 0 unspecified atom stereocenters. The number of nitrogens with two attached hydrogens (primary N) is 1. The Morgan fingerprint density at radius 1 is 1.18 bits per heavy atom. The second-order valence-corrected chi connectivity index (χ2v) is 3.75. The van der Waals surface area contributed by atoms with Gasteiger partial charge in [-0.05, 0) is 25.5 Å². The highest BCUT2D eigenvalue weighted by Crippen LogP contribution is 2.28. The number of unbranched alkanes of at least 4 members (excludes halogenated alkanes) is 2. The van der Waals surface area contributed by atoms with Gasteiger partial charge >= 0.3 is 6.18 Å². The molecule has 0 radical (unpaired) electrons. The van der Waals surface area contributed by atoms with Crippen LogP contribution in [0.3, 0.4) is 0 Å². The molecule has 1 heterocycles. The molecule has 0 spiro atoms. The molecule has 0 saturated heterocycles. The Labute approximate surface area is 97.0 Å². The van der Waals surface area contributed by atoms with Crippen molar-refractivity contribution < 1.29 is 13.2 Å². The molecule has 96 valence electrons. The second-order valence-electron chi connectivity index (χ2n) is 3.75. The Bertz CT molecular complexity index is 412. The summed E-state index contributed by atoms with van der Waals surface area (Å²) >= 11 is 0. The first-order chi connectivity index (χ1) is 7.96. The number of hydrogen-bond acceptors (Lipinski definition) is 2. The van der Waals surface area contributed by atoms with Gasteiger partial charge in [0.25, 0.3) is 5.56 Å². The van der Waals surface area contributed by atoms with Crippen LogP contribution in [0.2, 0.25) is 0 Å². The molecule has 0 amide bonds. The minimum atomic E-state index is -4.49. The summed E-state index contributed by atoms with van der Waals surface area (Å²) in [6.07, 6.45) is -2.50. The van der Waals surface area contributed by atoms with Crippen molar-refractivity contribution in [2.45, 2.75) is 32.0 Å². The first-order valence-corrected chi connectivity index (χ1v) is 5.44. The lowest BCUT2D eigenvalue weighted by atomic mass is 10.2. The van der Waals surface area contributed by atoms with Crippen molar-refractivity contribution in [1.82, 2.24) is 4.57 Å². The van der Waals surface area contributed by atoms with E-state index in [4.69, 9.17) is 5.73 Å². The molecule has 1 rings (SSSR count). The Hall–Kier alpha value is -1.30. The van der Waals surface area contributed by atoms with Gasteiger partial charge in [-0.2, -0.15) is 13.2 Å². The summed E-state index contributed by atoms with van der Waals surface area (Å²) in [6, 6.07) is 3.18. The van der Waals surface area contributed by atoms with E-state index in [0.717, 1.165) is 35.6 Å². The fourth-order valence-electron chi connectivity index (χ4n) is 1.59. The topological polar surface area (TPSA) is 48.0 Å². The zero-order valence-electron chi connectivity index (χ0n) is 9.33. The van der Waals surface area contributed by atoms with Crippen LogP contribution in [0.25, 0.3) is 0 Å². The van der Waals surface area contributed by atoms with E-state index >= 15 is 0 Å². The summed E-state index contributed by atoms with van der Waals surface area (Å²) in [5, 5.41) is 0. The highest BCUT2D eigenvalue weighted by molar-refractivity contribution is 5.10. The van der Waals surface area contributed by atoms with Crippen LogP contribution >= 0.6 is 0 Å². The maximum atomic E-state index is 12.6. The number of hydrogen-bond donors (Lipinski definition) is 1. The molecule has 3 nitrogen and oxygen atoms in total. The monoisotopic (exact) mass is 248 g/mol. The average Bonchev–Trinajstić information content (AvgIpc) is 2.24. The van der Waals surface area contributed by atoms with Crippen LogP contribution in [-0.4, -0.2) is 11.1 Å². The molecule has 0 saturated carbocycles. The number of aromatic nitrogens is 1. The van der Waals surface area contributed by atoms with Crippen molar-refractivity contribution in [3.63, 3.8) is 0 Å². The summed E-state index contributed by atoms with van der Waals surface area (Å²) in [6.45, 7) is 0.588. The number of halogens is 3. The molecule has 0 aliphatic heterocycles. The fourth-order valence-corrected chi connectivity index (χ4v) is 1.59. The van der Waals surface area contributed by atoms with Gasteiger partial charge in [0.2, 0.25) is 0 Å². The molecule has 0 atom stereocenters. The molecule has 1 aromatic rings. The van der Waals surface area contributed by atoms with E-state index in [9.17, 15) is 18.0 Å². The van der Waals surface area contributed by atoms with E-state index in [1.54, 1.807) is 0 Å².